The molecule has 4 heteroatoms. The molecule has 0 saturated heterocycles. The lowest BCUT2D eigenvalue weighted by Gasteiger charge is -2.20. The van der Waals surface area contributed by atoms with Crippen LogP contribution in [0.5, 0.6) is 0 Å². The standard InChI is InChI=1S/C15H20BrN3/c1-3-12-13-11(16)9-19(2)15(13)18-14(17-12)10-7-5-4-6-8-10/h9-10H,3-8H2,1-2H3. The van der Waals surface area contributed by atoms with Crippen molar-refractivity contribution in [1.82, 2.24) is 14.5 Å². The highest BCUT2D eigenvalue weighted by molar-refractivity contribution is 9.10. The topological polar surface area (TPSA) is 30.7 Å². The fourth-order valence-corrected chi connectivity index (χ4v) is 3.82. The van der Waals surface area contributed by atoms with Crippen molar-refractivity contribution in [2.45, 2.75) is 51.4 Å². The van der Waals surface area contributed by atoms with Crippen LogP contribution in [0.1, 0.15) is 56.5 Å². The summed E-state index contributed by atoms with van der Waals surface area (Å²) in [5, 5.41) is 1.18. The van der Waals surface area contributed by atoms with E-state index in [4.69, 9.17) is 9.97 Å². The molecule has 2 aromatic rings. The number of aryl methyl sites for hydroxylation is 2. The molecule has 3 nitrogen and oxygen atoms in total. The molecular weight excluding hydrogens is 302 g/mol. The molecule has 0 aliphatic heterocycles. The highest BCUT2D eigenvalue weighted by Gasteiger charge is 2.21. The molecule has 2 heterocycles. The van der Waals surface area contributed by atoms with Crippen LogP contribution in [0.25, 0.3) is 11.0 Å². The number of hydrogen-bond acceptors (Lipinski definition) is 2. The molecule has 1 aliphatic carbocycles. The summed E-state index contributed by atoms with van der Waals surface area (Å²) in [5.41, 5.74) is 2.25. The van der Waals surface area contributed by atoms with Gasteiger partial charge in [-0.15, -0.1) is 0 Å². The maximum absolute atomic E-state index is 4.86. The fraction of sp³-hybridized carbons (Fsp3) is 0.600. The zero-order valence-electron chi connectivity index (χ0n) is 11.6. The Hall–Kier alpha value is -0.900. The lowest BCUT2D eigenvalue weighted by Crippen LogP contribution is -2.11. The van der Waals surface area contributed by atoms with Crippen molar-refractivity contribution < 1.29 is 0 Å². The van der Waals surface area contributed by atoms with Crippen molar-refractivity contribution in [2.24, 2.45) is 7.05 Å². The van der Waals surface area contributed by atoms with Crippen LogP contribution in [0.4, 0.5) is 0 Å². The Labute approximate surface area is 122 Å². The summed E-state index contributed by atoms with van der Waals surface area (Å²) >= 11 is 3.63. The minimum atomic E-state index is 0.567. The molecule has 0 radical (unpaired) electrons. The lowest BCUT2D eigenvalue weighted by molar-refractivity contribution is 0.428. The molecule has 1 aliphatic rings. The molecule has 0 unspecified atom stereocenters. The van der Waals surface area contributed by atoms with Crippen LogP contribution in [-0.4, -0.2) is 14.5 Å². The van der Waals surface area contributed by atoms with Gasteiger partial charge in [0, 0.05) is 23.6 Å². The highest BCUT2D eigenvalue weighted by atomic mass is 79.9. The number of halogens is 1. The highest BCUT2D eigenvalue weighted by Crippen LogP contribution is 2.33. The monoisotopic (exact) mass is 321 g/mol. The smallest absolute Gasteiger partial charge is 0.144 e. The number of rotatable bonds is 2. The number of fused-ring (bicyclic) bond motifs is 1. The van der Waals surface area contributed by atoms with Gasteiger partial charge in [0.1, 0.15) is 11.5 Å². The van der Waals surface area contributed by atoms with Gasteiger partial charge in [-0.05, 0) is 35.2 Å². The first-order valence-corrected chi connectivity index (χ1v) is 8.01. The minimum absolute atomic E-state index is 0.567. The summed E-state index contributed by atoms with van der Waals surface area (Å²) in [5.74, 6) is 1.63. The normalized spacial score (nSPS) is 17.2. The Morgan fingerprint density at radius 2 is 2.00 bits per heavy atom. The fourth-order valence-electron chi connectivity index (χ4n) is 3.11. The molecule has 0 atom stereocenters. The molecule has 0 aromatic carbocycles. The van der Waals surface area contributed by atoms with E-state index >= 15 is 0 Å². The van der Waals surface area contributed by atoms with E-state index in [0.717, 1.165) is 22.4 Å². The molecule has 1 saturated carbocycles. The van der Waals surface area contributed by atoms with E-state index in [1.54, 1.807) is 0 Å². The van der Waals surface area contributed by atoms with Crippen molar-refractivity contribution >= 4 is 27.0 Å². The molecular formula is C15H20BrN3. The van der Waals surface area contributed by atoms with Gasteiger partial charge in [-0.3, -0.25) is 0 Å². The minimum Gasteiger partial charge on any atom is -0.334 e. The van der Waals surface area contributed by atoms with Gasteiger partial charge < -0.3 is 4.57 Å². The van der Waals surface area contributed by atoms with E-state index in [1.807, 2.05) is 0 Å². The van der Waals surface area contributed by atoms with E-state index < -0.39 is 0 Å². The average Bonchev–Trinajstić information content (AvgIpc) is 2.74. The molecule has 2 aromatic heterocycles. The zero-order valence-corrected chi connectivity index (χ0v) is 13.2. The Morgan fingerprint density at radius 3 is 2.68 bits per heavy atom. The summed E-state index contributed by atoms with van der Waals surface area (Å²) in [6.07, 6.45) is 9.56. The quantitative estimate of drug-likeness (QED) is 0.823. The van der Waals surface area contributed by atoms with Crippen molar-refractivity contribution in [3.8, 4) is 0 Å². The summed E-state index contributed by atoms with van der Waals surface area (Å²) in [6, 6.07) is 0. The van der Waals surface area contributed by atoms with Crippen LogP contribution in [0, 0.1) is 0 Å². The van der Waals surface area contributed by atoms with Crippen LogP contribution in [0.2, 0.25) is 0 Å². The van der Waals surface area contributed by atoms with E-state index in [0.29, 0.717) is 5.92 Å². The van der Waals surface area contributed by atoms with Crippen molar-refractivity contribution in [3.63, 3.8) is 0 Å². The van der Waals surface area contributed by atoms with E-state index in [2.05, 4.69) is 40.7 Å². The van der Waals surface area contributed by atoms with Crippen molar-refractivity contribution in [3.05, 3.63) is 22.2 Å². The number of nitrogens with zero attached hydrogens (tertiary/aromatic N) is 3. The van der Waals surface area contributed by atoms with Crippen LogP contribution < -0.4 is 0 Å². The predicted octanol–water partition coefficient (Wildman–Crippen LogP) is 4.34. The lowest BCUT2D eigenvalue weighted by atomic mass is 9.88. The molecule has 0 bridgehead atoms. The Kier molecular flexibility index (Phi) is 3.61. The SMILES string of the molecule is CCc1nc(C2CCCCC2)nc2c1c(Br)cn2C. The first-order valence-electron chi connectivity index (χ1n) is 7.22. The molecule has 0 spiro atoms. The predicted molar refractivity (Wildman–Crippen MR) is 81.4 cm³/mol. The largest absolute Gasteiger partial charge is 0.334 e. The van der Waals surface area contributed by atoms with E-state index in [9.17, 15) is 0 Å². The van der Waals surface area contributed by atoms with Gasteiger partial charge in [0.15, 0.2) is 0 Å². The van der Waals surface area contributed by atoms with Crippen molar-refractivity contribution in [2.75, 3.05) is 0 Å². The van der Waals surface area contributed by atoms with Crippen LogP contribution in [0.3, 0.4) is 0 Å². The molecule has 3 rings (SSSR count). The van der Waals surface area contributed by atoms with Crippen molar-refractivity contribution in [1.29, 1.82) is 0 Å². The molecule has 19 heavy (non-hydrogen) atoms. The molecule has 1 fully saturated rings. The maximum Gasteiger partial charge on any atom is 0.144 e. The Morgan fingerprint density at radius 1 is 1.26 bits per heavy atom. The number of aromatic nitrogens is 3. The Bertz CT molecular complexity index is 597. The second-order valence-corrected chi connectivity index (χ2v) is 6.36. The summed E-state index contributed by atoms with van der Waals surface area (Å²) in [4.78, 5) is 9.71. The van der Waals surface area contributed by atoms with Gasteiger partial charge >= 0.3 is 0 Å². The maximum atomic E-state index is 4.86. The average molecular weight is 322 g/mol. The second kappa shape index (κ2) is 5.23. The summed E-state index contributed by atoms with van der Waals surface area (Å²) in [7, 11) is 2.06. The van der Waals surface area contributed by atoms with Crippen LogP contribution >= 0.6 is 15.9 Å². The molecule has 0 amide bonds. The zero-order chi connectivity index (χ0) is 13.4. The third-order valence-electron chi connectivity index (χ3n) is 4.17. The number of hydrogen-bond donors (Lipinski definition) is 0. The summed E-state index contributed by atoms with van der Waals surface area (Å²) in [6.45, 7) is 2.17. The van der Waals surface area contributed by atoms with Crippen LogP contribution in [0.15, 0.2) is 10.7 Å². The first kappa shape index (κ1) is 13.1. The summed E-state index contributed by atoms with van der Waals surface area (Å²) < 4.78 is 3.21. The van der Waals surface area contributed by atoms with Gasteiger partial charge in [-0.25, -0.2) is 9.97 Å². The van der Waals surface area contributed by atoms with Gasteiger partial charge in [0.05, 0.1) is 11.1 Å². The van der Waals surface area contributed by atoms with E-state index in [1.165, 1.54) is 43.2 Å². The van der Waals surface area contributed by atoms with Gasteiger partial charge in [0.2, 0.25) is 0 Å². The molecule has 102 valence electrons. The third-order valence-corrected chi connectivity index (χ3v) is 4.77. The molecule has 0 N–H and O–H groups in total. The second-order valence-electron chi connectivity index (χ2n) is 5.50. The first-order chi connectivity index (χ1) is 9.20. The van der Waals surface area contributed by atoms with Gasteiger partial charge in [0.25, 0.3) is 0 Å². The van der Waals surface area contributed by atoms with Crippen LogP contribution in [-0.2, 0) is 13.5 Å². The Balaban J connectivity index is 2.13. The van der Waals surface area contributed by atoms with Gasteiger partial charge in [-0.2, -0.15) is 0 Å². The third kappa shape index (κ3) is 2.31. The van der Waals surface area contributed by atoms with Gasteiger partial charge in [-0.1, -0.05) is 26.2 Å². The van der Waals surface area contributed by atoms with E-state index in [-0.39, 0.29) is 0 Å².